The van der Waals surface area contributed by atoms with E-state index in [1.54, 1.807) is 24.3 Å². The van der Waals surface area contributed by atoms with Gasteiger partial charge in [0, 0.05) is 18.7 Å². The number of hydrogen-bond donors (Lipinski definition) is 2. The summed E-state index contributed by atoms with van der Waals surface area (Å²) in [7, 11) is 0. The molecule has 7 nitrogen and oxygen atoms in total. The molecule has 2 aliphatic heterocycles. The summed E-state index contributed by atoms with van der Waals surface area (Å²) >= 11 is 0. The third-order valence-corrected chi connectivity index (χ3v) is 5.93. The summed E-state index contributed by atoms with van der Waals surface area (Å²) in [6, 6.07) is 10.9. The van der Waals surface area contributed by atoms with Gasteiger partial charge < -0.3 is 24.6 Å². The van der Waals surface area contributed by atoms with Crippen molar-refractivity contribution in [1.29, 1.82) is 0 Å². The highest BCUT2D eigenvalue weighted by Crippen LogP contribution is 2.40. The zero-order chi connectivity index (χ0) is 23.5. The minimum atomic E-state index is -0.753. The van der Waals surface area contributed by atoms with Gasteiger partial charge in [-0.25, -0.2) is 0 Å². The summed E-state index contributed by atoms with van der Waals surface area (Å²) in [5.74, 6) is -0.722. The Hall–Kier alpha value is -3.32. The highest BCUT2D eigenvalue weighted by Gasteiger charge is 2.45. The molecule has 2 heterocycles. The molecule has 0 aliphatic carbocycles. The number of carbonyl (C=O) groups is 2. The average Bonchev–Trinajstić information content (AvgIpc) is 3.06. The second-order valence-corrected chi connectivity index (χ2v) is 8.63. The molecule has 2 aromatic carbocycles. The van der Waals surface area contributed by atoms with E-state index in [0.717, 1.165) is 24.2 Å². The maximum Gasteiger partial charge on any atom is 0.295 e. The number of likely N-dealkylation sites (tertiary alicyclic amines) is 1. The number of nitrogens with zero attached hydrogens (tertiary/aromatic N) is 1. The number of ketones is 1. The van der Waals surface area contributed by atoms with Crippen LogP contribution in [0.5, 0.6) is 11.5 Å². The average molecular weight is 452 g/mol. The van der Waals surface area contributed by atoms with E-state index in [4.69, 9.17) is 9.47 Å². The Labute approximate surface area is 193 Å². The van der Waals surface area contributed by atoms with Gasteiger partial charge in [-0.1, -0.05) is 12.1 Å². The fourth-order valence-corrected chi connectivity index (χ4v) is 4.33. The van der Waals surface area contributed by atoms with Gasteiger partial charge >= 0.3 is 0 Å². The van der Waals surface area contributed by atoms with E-state index in [0.29, 0.717) is 37.3 Å². The molecule has 0 bridgehead atoms. The molecule has 0 aromatic heterocycles. The number of amides is 1. The van der Waals surface area contributed by atoms with Gasteiger partial charge in [0.15, 0.2) is 0 Å². The van der Waals surface area contributed by atoms with Crippen molar-refractivity contribution in [2.45, 2.75) is 45.3 Å². The normalized spacial score (nSPS) is 19.6. The van der Waals surface area contributed by atoms with Gasteiger partial charge in [-0.15, -0.1) is 0 Å². The second kappa shape index (κ2) is 9.67. The summed E-state index contributed by atoms with van der Waals surface area (Å²) in [5.41, 5.74) is 2.13. The fourth-order valence-electron chi connectivity index (χ4n) is 4.33. The Morgan fingerprint density at radius 3 is 2.67 bits per heavy atom. The number of fused-ring (bicyclic) bond motifs is 1. The van der Waals surface area contributed by atoms with Crippen molar-refractivity contribution in [3.05, 3.63) is 64.7 Å². The molecule has 33 heavy (non-hydrogen) atoms. The predicted octanol–water partition coefficient (Wildman–Crippen LogP) is 3.95. The lowest BCUT2D eigenvalue weighted by Crippen LogP contribution is -2.31. The molecule has 1 amide bonds. The number of rotatable bonds is 7. The first-order chi connectivity index (χ1) is 15.9. The first-order valence-corrected chi connectivity index (χ1v) is 11.3. The molecular formula is C26H29NO6. The predicted molar refractivity (Wildman–Crippen MR) is 123 cm³/mol. The number of aryl methyl sites for hydroxylation is 1. The van der Waals surface area contributed by atoms with Crippen LogP contribution < -0.4 is 4.74 Å². The van der Waals surface area contributed by atoms with Gasteiger partial charge in [0.25, 0.3) is 11.7 Å². The molecule has 1 fully saturated rings. The van der Waals surface area contributed by atoms with Crippen LogP contribution in [0.25, 0.3) is 5.76 Å². The first kappa shape index (κ1) is 22.9. The molecule has 2 aromatic rings. The van der Waals surface area contributed by atoms with Gasteiger partial charge in [-0.2, -0.15) is 0 Å². The van der Waals surface area contributed by atoms with E-state index in [-0.39, 0.29) is 23.2 Å². The third kappa shape index (κ3) is 4.73. The van der Waals surface area contributed by atoms with Crippen molar-refractivity contribution < 1.29 is 29.3 Å². The lowest BCUT2D eigenvalue weighted by atomic mass is 9.94. The molecule has 2 aliphatic rings. The maximum atomic E-state index is 13.1. The van der Waals surface area contributed by atoms with Crippen molar-refractivity contribution in [1.82, 2.24) is 4.90 Å². The molecule has 4 rings (SSSR count). The van der Waals surface area contributed by atoms with Crippen molar-refractivity contribution in [2.24, 2.45) is 0 Å². The SMILES string of the molecule is CC(C)OCCCN1C(=O)C(=O)/C(=C(\O)c2ccc3c(c2)CCCO3)C1c1ccc(O)cc1. The molecule has 1 saturated heterocycles. The van der Waals surface area contributed by atoms with E-state index >= 15 is 0 Å². The number of phenolic OH excluding ortho intramolecular Hbond substituents is 1. The number of hydrogen-bond acceptors (Lipinski definition) is 6. The Kier molecular flexibility index (Phi) is 6.70. The number of aliphatic hydroxyl groups excluding tert-OH is 1. The summed E-state index contributed by atoms with van der Waals surface area (Å²) in [6.45, 7) is 5.29. The Bertz CT molecular complexity index is 1070. The van der Waals surface area contributed by atoms with E-state index < -0.39 is 17.7 Å². The molecule has 1 atom stereocenters. The van der Waals surface area contributed by atoms with Crippen molar-refractivity contribution >= 4 is 17.4 Å². The minimum Gasteiger partial charge on any atom is -0.508 e. The molecule has 174 valence electrons. The van der Waals surface area contributed by atoms with E-state index in [9.17, 15) is 19.8 Å². The summed E-state index contributed by atoms with van der Waals surface area (Å²) < 4.78 is 11.2. The third-order valence-electron chi connectivity index (χ3n) is 5.93. The first-order valence-electron chi connectivity index (χ1n) is 11.3. The molecule has 1 unspecified atom stereocenters. The Morgan fingerprint density at radius 1 is 1.18 bits per heavy atom. The monoisotopic (exact) mass is 451 g/mol. The number of ether oxygens (including phenoxy) is 2. The second-order valence-electron chi connectivity index (χ2n) is 8.63. The quantitative estimate of drug-likeness (QED) is 0.286. The van der Waals surface area contributed by atoms with Crippen LogP contribution >= 0.6 is 0 Å². The highest BCUT2D eigenvalue weighted by atomic mass is 16.5. The van der Waals surface area contributed by atoms with Crippen molar-refractivity contribution in [2.75, 3.05) is 19.8 Å². The van der Waals surface area contributed by atoms with E-state index in [1.165, 1.54) is 17.0 Å². The molecule has 7 heteroatoms. The van der Waals surface area contributed by atoms with Crippen LogP contribution in [0.4, 0.5) is 0 Å². The van der Waals surface area contributed by atoms with Gasteiger partial charge in [0.2, 0.25) is 0 Å². The minimum absolute atomic E-state index is 0.0483. The lowest BCUT2D eigenvalue weighted by molar-refractivity contribution is -0.140. The molecule has 0 spiro atoms. The van der Waals surface area contributed by atoms with Crippen molar-refractivity contribution in [3.8, 4) is 11.5 Å². The zero-order valence-electron chi connectivity index (χ0n) is 18.9. The zero-order valence-corrected chi connectivity index (χ0v) is 18.9. The van der Waals surface area contributed by atoms with Gasteiger partial charge in [0.1, 0.15) is 17.3 Å². The standard InChI is InChI=1S/C26H29NO6/c1-16(2)32-14-4-12-27-23(17-6-9-20(28)10-7-17)22(25(30)26(27)31)24(29)19-8-11-21-18(15-19)5-3-13-33-21/h6-11,15-16,23,28-29H,3-5,12-14H2,1-2H3/b24-22-. The summed E-state index contributed by atoms with van der Waals surface area (Å²) in [4.78, 5) is 27.6. The van der Waals surface area contributed by atoms with Crippen LogP contribution in [0.2, 0.25) is 0 Å². The van der Waals surface area contributed by atoms with Crippen LogP contribution in [0.1, 0.15) is 49.4 Å². The largest absolute Gasteiger partial charge is 0.508 e. The summed E-state index contributed by atoms with van der Waals surface area (Å²) in [6.07, 6.45) is 2.33. The highest BCUT2D eigenvalue weighted by molar-refractivity contribution is 6.46. The van der Waals surface area contributed by atoms with Crippen LogP contribution in [0.3, 0.4) is 0 Å². The number of benzene rings is 2. The number of aliphatic hydroxyl groups is 1. The lowest BCUT2D eigenvalue weighted by Gasteiger charge is -2.25. The maximum absolute atomic E-state index is 13.1. The summed E-state index contributed by atoms with van der Waals surface area (Å²) in [5, 5.41) is 20.9. The van der Waals surface area contributed by atoms with Crippen LogP contribution in [0, 0.1) is 0 Å². The van der Waals surface area contributed by atoms with Crippen LogP contribution in [-0.2, 0) is 20.7 Å². The number of Topliss-reactive ketones (excluding diaryl/α,β-unsaturated/α-hetero) is 1. The number of aromatic hydroxyl groups is 1. The van der Waals surface area contributed by atoms with Gasteiger partial charge in [0.05, 0.1) is 24.3 Å². The molecule has 2 N–H and O–H groups in total. The molecule has 0 radical (unpaired) electrons. The van der Waals surface area contributed by atoms with Gasteiger partial charge in [-0.05, 0) is 74.6 Å². The smallest absolute Gasteiger partial charge is 0.295 e. The van der Waals surface area contributed by atoms with E-state index in [1.807, 2.05) is 19.9 Å². The Balaban J connectivity index is 1.73. The van der Waals surface area contributed by atoms with Crippen LogP contribution in [-0.4, -0.2) is 52.7 Å². The molecule has 0 saturated carbocycles. The number of carbonyl (C=O) groups excluding carboxylic acids is 2. The molecular weight excluding hydrogens is 422 g/mol. The Morgan fingerprint density at radius 2 is 1.94 bits per heavy atom. The van der Waals surface area contributed by atoms with Crippen LogP contribution in [0.15, 0.2) is 48.0 Å². The number of phenols is 1. The topological polar surface area (TPSA) is 96.3 Å². The van der Waals surface area contributed by atoms with E-state index in [2.05, 4.69) is 0 Å². The fraction of sp³-hybridized carbons (Fsp3) is 0.385. The van der Waals surface area contributed by atoms with Gasteiger partial charge in [-0.3, -0.25) is 9.59 Å². The van der Waals surface area contributed by atoms with Crippen molar-refractivity contribution in [3.63, 3.8) is 0 Å².